The normalized spacial score (nSPS) is 10.1. The first-order valence-electron chi connectivity index (χ1n) is 5.06. The topological polar surface area (TPSA) is 38.0 Å². The van der Waals surface area contributed by atoms with E-state index in [0.717, 1.165) is 16.1 Å². The number of aliphatic hydroxyl groups excluding tert-OH is 1. The number of aromatic nitrogens is 2. The lowest BCUT2D eigenvalue weighted by atomic mass is 10.2. The molecule has 0 aliphatic heterocycles. The van der Waals surface area contributed by atoms with Gasteiger partial charge in [-0.25, -0.2) is 0 Å². The molecule has 2 rings (SSSR count). The van der Waals surface area contributed by atoms with Gasteiger partial charge in [0.1, 0.15) is 6.61 Å². The molecule has 0 saturated carbocycles. The second-order valence-electron chi connectivity index (χ2n) is 3.48. The number of hydrogen-bond donors (Lipinski definition) is 1. The van der Waals surface area contributed by atoms with E-state index in [0.29, 0.717) is 11.6 Å². The van der Waals surface area contributed by atoms with Gasteiger partial charge in [0.05, 0.1) is 17.3 Å². The number of halogens is 1. The van der Waals surface area contributed by atoms with Crippen LogP contribution in [-0.4, -0.2) is 21.5 Å². The van der Waals surface area contributed by atoms with Gasteiger partial charge in [0, 0.05) is 16.6 Å². The van der Waals surface area contributed by atoms with E-state index in [4.69, 9.17) is 16.7 Å². The third-order valence-corrected chi connectivity index (χ3v) is 3.52. The molecule has 0 atom stereocenters. The summed E-state index contributed by atoms with van der Waals surface area (Å²) in [5.74, 6) is 5.57. The van der Waals surface area contributed by atoms with Crippen molar-refractivity contribution in [2.45, 2.75) is 13.5 Å². The highest BCUT2D eigenvalue weighted by molar-refractivity contribution is 7.10. The number of aliphatic hydroxyl groups is 1. The van der Waals surface area contributed by atoms with E-state index in [1.807, 2.05) is 18.4 Å². The molecule has 17 heavy (non-hydrogen) atoms. The number of aryl methyl sites for hydroxylation is 1. The number of thiophene rings is 1. The molecule has 1 N–H and O–H groups in total. The second-order valence-corrected chi connectivity index (χ2v) is 4.89. The molecule has 2 aromatic rings. The highest BCUT2D eigenvalue weighted by Gasteiger charge is 2.06. The van der Waals surface area contributed by atoms with Gasteiger partial charge in [0.25, 0.3) is 0 Å². The van der Waals surface area contributed by atoms with E-state index in [2.05, 4.69) is 16.9 Å². The Kier molecular flexibility index (Phi) is 3.85. The highest BCUT2D eigenvalue weighted by atomic mass is 35.5. The predicted octanol–water partition coefficient (Wildman–Crippen LogP) is 2.30. The fourth-order valence-corrected chi connectivity index (χ4v) is 2.40. The van der Waals surface area contributed by atoms with Crippen molar-refractivity contribution in [3.63, 3.8) is 0 Å². The van der Waals surface area contributed by atoms with E-state index in [1.165, 1.54) is 0 Å². The Morgan fingerprint density at radius 2 is 2.41 bits per heavy atom. The van der Waals surface area contributed by atoms with Crippen molar-refractivity contribution in [2.24, 2.45) is 0 Å². The van der Waals surface area contributed by atoms with Crippen LogP contribution in [0, 0.1) is 18.8 Å². The van der Waals surface area contributed by atoms with Gasteiger partial charge in [-0.05, 0) is 18.4 Å². The Bertz CT molecular complexity index is 557. The largest absolute Gasteiger partial charge is 0.384 e. The minimum Gasteiger partial charge on any atom is -0.384 e. The first kappa shape index (κ1) is 12.2. The predicted molar refractivity (Wildman–Crippen MR) is 69.4 cm³/mol. The molecule has 0 saturated heterocycles. The highest BCUT2D eigenvalue weighted by Crippen LogP contribution is 2.19. The molecule has 88 valence electrons. The summed E-state index contributed by atoms with van der Waals surface area (Å²) < 4.78 is 1.80. The van der Waals surface area contributed by atoms with Gasteiger partial charge in [-0.2, -0.15) is 5.10 Å². The van der Waals surface area contributed by atoms with Crippen LogP contribution >= 0.6 is 22.9 Å². The molecule has 0 amide bonds. The monoisotopic (exact) mass is 266 g/mol. The van der Waals surface area contributed by atoms with Gasteiger partial charge < -0.3 is 5.11 Å². The summed E-state index contributed by atoms with van der Waals surface area (Å²) in [4.78, 5) is 1.12. The molecular weight excluding hydrogens is 256 g/mol. The summed E-state index contributed by atoms with van der Waals surface area (Å²) >= 11 is 7.57. The van der Waals surface area contributed by atoms with Crippen molar-refractivity contribution in [3.8, 4) is 11.8 Å². The van der Waals surface area contributed by atoms with Gasteiger partial charge in [0.15, 0.2) is 0 Å². The molecule has 5 heteroatoms. The van der Waals surface area contributed by atoms with Gasteiger partial charge in [-0.1, -0.05) is 23.4 Å². The van der Waals surface area contributed by atoms with Crippen molar-refractivity contribution >= 4 is 22.9 Å². The Labute approximate surface area is 109 Å². The molecule has 2 heterocycles. The zero-order chi connectivity index (χ0) is 12.3. The van der Waals surface area contributed by atoms with E-state index in [1.54, 1.807) is 22.2 Å². The number of rotatable bonds is 2. The van der Waals surface area contributed by atoms with E-state index in [9.17, 15) is 0 Å². The van der Waals surface area contributed by atoms with Crippen molar-refractivity contribution < 1.29 is 5.11 Å². The Morgan fingerprint density at radius 1 is 1.59 bits per heavy atom. The zero-order valence-corrected chi connectivity index (χ0v) is 10.8. The van der Waals surface area contributed by atoms with E-state index < -0.39 is 0 Å². The molecule has 0 aliphatic rings. The van der Waals surface area contributed by atoms with Crippen LogP contribution in [0.4, 0.5) is 0 Å². The van der Waals surface area contributed by atoms with Crippen LogP contribution < -0.4 is 0 Å². The Balaban J connectivity index is 2.21. The SMILES string of the molecule is Cc1nn(Cc2sccc2C#CCO)cc1Cl. The Hall–Kier alpha value is -1.28. The molecule has 0 spiro atoms. The molecule has 2 aromatic heterocycles. The lowest BCUT2D eigenvalue weighted by Gasteiger charge is -1.99. The van der Waals surface area contributed by atoms with Gasteiger partial charge in [0.2, 0.25) is 0 Å². The van der Waals surface area contributed by atoms with Gasteiger partial charge in [-0.15, -0.1) is 11.3 Å². The van der Waals surface area contributed by atoms with E-state index in [-0.39, 0.29) is 6.61 Å². The van der Waals surface area contributed by atoms with Gasteiger partial charge >= 0.3 is 0 Å². The fourth-order valence-electron chi connectivity index (χ4n) is 1.43. The van der Waals surface area contributed by atoms with Gasteiger partial charge in [-0.3, -0.25) is 4.68 Å². The minimum atomic E-state index is -0.123. The first-order valence-corrected chi connectivity index (χ1v) is 6.32. The maximum Gasteiger partial charge on any atom is 0.104 e. The second kappa shape index (κ2) is 5.37. The minimum absolute atomic E-state index is 0.123. The lowest BCUT2D eigenvalue weighted by molar-refractivity contribution is 0.350. The summed E-state index contributed by atoms with van der Waals surface area (Å²) in [5.41, 5.74) is 1.76. The zero-order valence-electron chi connectivity index (χ0n) is 9.27. The molecule has 0 bridgehead atoms. The standard InChI is InChI=1S/C12H11ClN2OS/c1-9-11(13)7-15(14-9)8-12-10(3-2-5-16)4-6-17-12/h4,6-7,16H,5,8H2,1H3. The fraction of sp³-hybridized carbons (Fsp3) is 0.250. The molecule has 0 fully saturated rings. The smallest absolute Gasteiger partial charge is 0.104 e. The molecule has 0 radical (unpaired) electrons. The van der Waals surface area contributed by atoms with Crippen molar-refractivity contribution in [1.82, 2.24) is 9.78 Å². The maximum absolute atomic E-state index is 8.68. The van der Waals surface area contributed by atoms with E-state index >= 15 is 0 Å². The number of hydrogen-bond acceptors (Lipinski definition) is 3. The summed E-state index contributed by atoms with van der Waals surface area (Å²) in [5, 5.41) is 15.6. The third-order valence-electron chi connectivity index (χ3n) is 2.24. The maximum atomic E-state index is 8.68. The van der Waals surface area contributed by atoms with Crippen LogP contribution in [-0.2, 0) is 6.54 Å². The number of nitrogens with zero attached hydrogens (tertiary/aromatic N) is 2. The molecule has 3 nitrogen and oxygen atoms in total. The van der Waals surface area contributed by atoms with Crippen molar-refractivity contribution in [2.75, 3.05) is 6.61 Å². The van der Waals surface area contributed by atoms with Crippen LogP contribution in [0.2, 0.25) is 5.02 Å². The van der Waals surface area contributed by atoms with Crippen LogP contribution in [0.5, 0.6) is 0 Å². The lowest BCUT2D eigenvalue weighted by Crippen LogP contribution is -2.00. The molecular formula is C12H11ClN2OS. The van der Waals surface area contributed by atoms with Crippen LogP contribution in [0.1, 0.15) is 16.1 Å². The molecule has 0 aromatic carbocycles. The van der Waals surface area contributed by atoms with Crippen molar-refractivity contribution in [3.05, 3.63) is 38.8 Å². The average Bonchev–Trinajstić information content (AvgIpc) is 2.85. The molecule has 0 unspecified atom stereocenters. The summed E-state index contributed by atoms with van der Waals surface area (Å²) in [7, 11) is 0. The van der Waals surface area contributed by atoms with Crippen LogP contribution in [0.15, 0.2) is 17.6 Å². The first-order chi connectivity index (χ1) is 8.20. The van der Waals surface area contributed by atoms with Crippen LogP contribution in [0.3, 0.4) is 0 Å². The quantitative estimate of drug-likeness (QED) is 0.847. The summed E-state index contributed by atoms with van der Waals surface area (Å²) in [6.45, 7) is 2.41. The van der Waals surface area contributed by atoms with Crippen molar-refractivity contribution in [1.29, 1.82) is 0 Å². The summed E-state index contributed by atoms with van der Waals surface area (Å²) in [6.07, 6.45) is 1.81. The molecule has 0 aliphatic carbocycles. The Morgan fingerprint density at radius 3 is 3.06 bits per heavy atom. The average molecular weight is 267 g/mol. The van der Waals surface area contributed by atoms with Crippen LogP contribution in [0.25, 0.3) is 0 Å². The third kappa shape index (κ3) is 2.89. The summed E-state index contributed by atoms with van der Waals surface area (Å²) in [6, 6.07) is 1.95.